The molecule has 2 atom stereocenters. The van der Waals surface area contributed by atoms with E-state index < -0.39 is 0 Å². The summed E-state index contributed by atoms with van der Waals surface area (Å²) in [6, 6.07) is 2.10. The zero-order chi connectivity index (χ0) is 20.8. The monoisotopic (exact) mass is 410 g/mol. The van der Waals surface area contributed by atoms with Crippen molar-refractivity contribution in [3.63, 3.8) is 0 Å². The number of pyridine rings is 1. The lowest BCUT2D eigenvalue weighted by Gasteiger charge is -2.25. The molecular formula is C24H31FN4O. The molecule has 5 nitrogen and oxygen atoms in total. The van der Waals surface area contributed by atoms with Gasteiger partial charge in [-0.15, -0.1) is 0 Å². The van der Waals surface area contributed by atoms with Gasteiger partial charge in [0.05, 0.1) is 18.0 Å². The highest BCUT2D eigenvalue weighted by Gasteiger charge is 2.37. The maximum Gasteiger partial charge on any atom is 0.169 e. The molecular weight excluding hydrogens is 379 g/mol. The summed E-state index contributed by atoms with van der Waals surface area (Å²) in [6.07, 6.45) is 11.3. The van der Waals surface area contributed by atoms with Gasteiger partial charge in [-0.25, -0.2) is 4.39 Å². The van der Waals surface area contributed by atoms with Crippen molar-refractivity contribution in [2.24, 2.45) is 21.8 Å². The van der Waals surface area contributed by atoms with Crippen LogP contribution in [0.1, 0.15) is 50.1 Å². The number of aromatic nitrogens is 1. The van der Waals surface area contributed by atoms with Crippen molar-refractivity contribution < 1.29 is 9.13 Å². The topological polar surface area (TPSA) is 42.1 Å². The van der Waals surface area contributed by atoms with E-state index in [4.69, 9.17) is 4.74 Å². The summed E-state index contributed by atoms with van der Waals surface area (Å²) >= 11 is 0. The van der Waals surface area contributed by atoms with Crippen molar-refractivity contribution in [3.05, 3.63) is 29.0 Å². The van der Waals surface area contributed by atoms with Crippen molar-refractivity contribution in [2.45, 2.75) is 44.6 Å². The van der Waals surface area contributed by atoms with Crippen LogP contribution in [0.5, 0.6) is 5.75 Å². The van der Waals surface area contributed by atoms with Crippen LogP contribution in [0.15, 0.2) is 22.2 Å². The molecule has 0 radical (unpaired) electrons. The van der Waals surface area contributed by atoms with Gasteiger partial charge in [-0.05, 0) is 43.6 Å². The maximum absolute atomic E-state index is 15.7. The number of benzene rings is 1. The standard InChI is InChI=1S/C24H31FN4O/c1-26-11-17-14-29(18-8-9-18)22-19(21(17)27-2)10-20(25)23(24(22)30-3)28-12-15-6-4-5-7-16(15)13-28/h10-11,14-16,18H,4-9,12-13H2,1-3H3/t15-,16+. The first kappa shape index (κ1) is 19.6. The number of nitrogens with zero attached hydrogens (tertiary/aromatic N) is 4. The van der Waals surface area contributed by atoms with E-state index in [0.717, 1.165) is 47.8 Å². The molecule has 3 fully saturated rings. The SMILES string of the molecule is CN=Cc1cn(C2CC2)c2c(OC)c(N3C[C@H]4CCCC[C@H]4C3)c(F)cc2c1=NC. The summed E-state index contributed by atoms with van der Waals surface area (Å²) in [7, 11) is 5.18. The van der Waals surface area contributed by atoms with Crippen LogP contribution < -0.4 is 15.0 Å². The second-order valence-corrected chi connectivity index (χ2v) is 9.03. The van der Waals surface area contributed by atoms with Crippen LogP contribution in [0.3, 0.4) is 0 Å². The molecule has 30 heavy (non-hydrogen) atoms. The molecule has 1 saturated heterocycles. The van der Waals surface area contributed by atoms with Gasteiger partial charge in [-0.1, -0.05) is 12.8 Å². The molecule has 0 bridgehead atoms. The molecule has 0 amide bonds. The van der Waals surface area contributed by atoms with E-state index >= 15 is 4.39 Å². The fourth-order valence-electron chi connectivity index (χ4n) is 5.67. The first-order valence-electron chi connectivity index (χ1n) is 11.2. The Morgan fingerprint density at radius 1 is 1.10 bits per heavy atom. The summed E-state index contributed by atoms with van der Waals surface area (Å²) in [5.74, 6) is 1.80. The van der Waals surface area contributed by atoms with E-state index in [1.165, 1.54) is 25.7 Å². The number of ether oxygens (including phenoxy) is 1. The molecule has 0 unspecified atom stereocenters. The number of anilines is 1. The van der Waals surface area contributed by atoms with Gasteiger partial charge >= 0.3 is 0 Å². The highest BCUT2D eigenvalue weighted by atomic mass is 19.1. The lowest BCUT2D eigenvalue weighted by Crippen LogP contribution is -2.24. The minimum atomic E-state index is -0.212. The minimum absolute atomic E-state index is 0.212. The van der Waals surface area contributed by atoms with Crippen molar-refractivity contribution in [3.8, 4) is 5.75 Å². The molecule has 2 aliphatic carbocycles. The Hall–Kier alpha value is -2.37. The Kier molecular flexibility index (Phi) is 5.03. The van der Waals surface area contributed by atoms with E-state index in [-0.39, 0.29) is 5.82 Å². The van der Waals surface area contributed by atoms with Gasteiger partial charge in [0.2, 0.25) is 0 Å². The largest absolute Gasteiger partial charge is 0.492 e. The fraction of sp³-hybridized carbons (Fsp3) is 0.583. The third kappa shape index (κ3) is 3.12. The number of methoxy groups -OCH3 is 1. The van der Waals surface area contributed by atoms with Gasteiger partial charge in [-0.3, -0.25) is 9.98 Å². The first-order valence-corrected chi connectivity index (χ1v) is 11.2. The van der Waals surface area contributed by atoms with Crippen LogP contribution in [0.2, 0.25) is 0 Å². The van der Waals surface area contributed by atoms with Crippen LogP contribution in [0.4, 0.5) is 10.1 Å². The van der Waals surface area contributed by atoms with E-state index in [1.54, 1.807) is 27.3 Å². The second kappa shape index (κ2) is 7.71. The summed E-state index contributed by atoms with van der Waals surface area (Å²) in [5, 5.41) is 1.57. The highest BCUT2D eigenvalue weighted by molar-refractivity contribution is 5.95. The summed E-state index contributed by atoms with van der Waals surface area (Å²) in [6.45, 7) is 1.86. The maximum atomic E-state index is 15.7. The van der Waals surface area contributed by atoms with E-state index in [9.17, 15) is 0 Å². The summed E-state index contributed by atoms with van der Waals surface area (Å²) < 4.78 is 23.9. The van der Waals surface area contributed by atoms with Crippen molar-refractivity contribution in [1.82, 2.24) is 4.57 Å². The number of rotatable bonds is 4. The molecule has 1 aromatic carbocycles. The van der Waals surface area contributed by atoms with Crippen LogP contribution in [0, 0.1) is 17.7 Å². The van der Waals surface area contributed by atoms with Gasteiger partial charge in [0, 0.05) is 56.6 Å². The number of halogens is 1. The van der Waals surface area contributed by atoms with Gasteiger partial charge in [0.25, 0.3) is 0 Å². The first-order chi connectivity index (χ1) is 14.7. The molecule has 2 aromatic rings. The van der Waals surface area contributed by atoms with Gasteiger partial charge in [-0.2, -0.15) is 0 Å². The number of hydrogen-bond acceptors (Lipinski definition) is 4. The predicted molar refractivity (Wildman–Crippen MR) is 119 cm³/mol. The Bertz CT molecular complexity index is 1060. The number of hydrogen-bond donors (Lipinski definition) is 0. The lowest BCUT2D eigenvalue weighted by atomic mass is 9.82. The highest BCUT2D eigenvalue weighted by Crippen LogP contribution is 2.46. The molecule has 1 aromatic heterocycles. The third-order valence-electron chi connectivity index (χ3n) is 7.18. The number of aliphatic imine (C=N–C) groups is 1. The molecule has 3 aliphatic rings. The van der Waals surface area contributed by atoms with Crippen LogP contribution in [0.25, 0.3) is 10.9 Å². The summed E-state index contributed by atoms with van der Waals surface area (Å²) in [5.41, 5.74) is 2.51. The molecule has 5 rings (SSSR count). The van der Waals surface area contributed by atoms with E-state index in [0.29, 0.717) is 29.3 Å². The average Bonchev–Trinajstić information content (AvgIpc) is 3.50. The molecule has 1 aliphatic heterocycles. The van der Waals surface area contributed by atoms with E-state index in [2.05, 4.69) is 25.6 Å². The van der Waals surface area contributed by atoms with Crippen LogP contribution in [-0.2, 0) is 0 Å². The van der Waals surface area contributed by atoms with Crippen molar-refractivity contribution >= 4 is 22.8 Å². The fourth-order valence-corrected chi connectivity index (χ4v) is 5.67. The molecule has 2 saturated carbocycles. The molecule has 160 valence electrons. The average molecular weight is 411 g/mol. The third-order valence-corrected chi connectivity index (χ3v) is 7.18. The zero-order valence-corrected chi connectivity index (χ0v) is 18.2. The molecule has 2 heterocycles. The van der Waals surface area contributed by atoms with E-state index in [1.807, 2.05) is 6.21 Å². The molecule has 6 heteroatoms. The Balaban J connectivity index is 1.75. The smallest absolute Gasteiger partial charge is 0.169 e. The Morgan fingerprint density at radius 2 is 1.80 bits per heavy atom. The second-order valence-electron chi connectivity index (χ2n) is 9.03. The Morgan fingerprint density at radius 3 is 2.37 bits per heavy atom. The lowest BCUT2D eigenvalue weighted by molar-refractivity contribution is 0.299. The minimum Gasteiger partial charge on any atom is -0.492 e. The van der Waals surface area contributed by atoms with Gasteiger partial charge < -0.3 is 14.2 Å². The quantitative estimate of drug-likeness (QED) is 0.704. The van der Waals surface area contributed by atoms with Crippen molar-refractivity contribution in [1.29, 1.82) is 0 Å². The van der Waals surface area contributed by atoms with Gasteiger partial charge in [0.1, 0.15) is 5.69 Å². The van der Waals surface area contributed by atoms with Crippen LogP contribution >= 0.6 is 0 Å². The Labute approximate surface area is 177 Å². The van der Waals surface area contributed by atoms with Crippen LogP contribution in [-0.4, -0.2) is 45.1 Å². The van der Waals surface area contributed by atoms with Gasteiger partial charge in [0.15, 0.2) is 11.6 Å². The molecule has 0 N–H and O–H groups in total. The normalized spacial score (nSPS) is 24.8. The van der Waals surface area contributed by atoms with Crippen molar-refractivity contribution in [2.75, 3.05) is 39.2 Å². The molecule has 0 spiro atoms. The predicted octanol–water partition coefficient (Wildman–Crippen LogP) is 4.33. The zero-order valence-electron chi connectivity index (χ0n) is 18.2. The summed E-state index contributed by atoms with van der Waals surface area (Å²) in [4.78, 5) is 10.9. The number of fused-ring (bicyclic) bond motifs is 2.